The molecule has 16 heavy (non-hydrogen) atoms. The predicted octanol–water partition coefficient (Wildman–Crippen LogP) is 0.760. The van der Waals surface area contributed by atoms with Crippen LogP contribution in [0.25, 0.3) is 0 Å². The Morgan fingerprint density at radius 1 is 1.50 bits per heavy atom. The molecule has 3 N–H and O–H groups in total. The smallest absolute Gasteiger partial charge is 0.240 e. The summed E-state index contributed by atoms with van der Waals surface area (Å²) in [6.07, 6.45) is 0. The fraction of sp³-hybridized carbons (Fsp3) is 0.400. The lowest BCUT2D eigenvalue weighted by molar-refractivity contribution is 0.561. The highest BCUT2D eigenvalue weighted by molar-refractivity contribution is 7.89. The Morgan fingerprint density at radius 3 is 2.62 bits per heavy atom. The first kappa shape index (κ1) is 13.1. The molecule has 4 nitrogen and oxygen atoms in total. The van der Waals surface area contributed by atoms with E-state index in [1.54, 1.807) is 6.92 Å². The molecule has 0 aromatic heterocycles. The lowest BCUT2D eigenvalue weighted by Crippen LogP contribution is -2.37. The van der Waals surface area contributed by atoms with E-state index in [4.69, 9.17) is 5.73 Å². The highest BCUT2D eigenvalue weighted by Crippen LogP contribution is 2.14. The zero-order chi connectivity index (χ0) is 12.3. The number of sulfonamides is 1. The summed E-state index contributed by atoms with van der Waals surface area (Å²) in [7, 11) is -3.61. The van der Waals surface area contributed by atoms with Crippen molar-refractivity contribution in [2.24, 2.45) is 5.73 Å². The maximum Gasteiger partial charge on any atom is 0.240 e. The molecule has 0 radical (unpaired) electrons. The summed E-state index contributed by atoms with van der Waals surface area (Å²) in [5, 5.41) is 0. The Balaban J connectivity index is 3.03. The highest BCUT2D eigenvalue weighted by atomic mass is 32.2. The summed E-state index contributed by atoms with van der Waals surface area (Å²) in [4.78, 5) is 0.0479. The summed E-state index contributed by atoms with van der Waals surface area (Å²) < 4.78 is 38.9. The third-order valence-corrected chi connectivity index (χ3v) is 3.74. The van der Waals surface area contributed by atoms with Crippen LogP contribution in [0.2, 0.25) is 0 Å². The third-order valence-electron chi connectivity index (χ3n) is 2.15. The zero-order valence-corrected chi connectivity index (χ0v) is 10.0. The number of halogens is 1. The number of hydrogen-bond acceptors (Lipinski definition) is 3. The largest absolute Gasteiger partial charge is 0.329 e. The summed E-state index contributed by atoms with van der Waals surface area (Å²) in [6.45, 7) is 3.38. The molecule has 0 bridgehead atoms. The predicted molar refractivity (Wildman–Crippen MR) is 60.0 cm³/mol. The molecule has 1 rings (SSSR count). The van der Waals surface area contributed by atoms with E-state index in [1.807, 2.05) is 0 Å². The molecular formula is C10H15FN2O2S. The van der Waals surface area contributed by atoms with Crippen LogP contribution in [0.15, 0.2) is 23.1 Å². The quantitative estimate of drug-likeness (QED) is 0.823. The van der Waals surface area contributed by atoms with Gasteiger partial charge in [0.15, 0.2) is 0 Å². The van der Waals surface area contributed by atoms with Crippen LogP contribution < -0.4 is 10.5 Å². The first-order valence-electron chi connectivity index (χ1n) is 4.85. The minimum atomic E-state index is -3.61. The van der Waals surface area contributed by atoms with Crippen LogP contribution >= 0.6 is 0 Å². The van der Waals surface area contributed by atoms with Crippen LogP contribution in [-0.2, 0) is 10.0 Å². The van der Waals surface area contributed by atoms with Crippen molar-refractivity contribution in [2.45, 2.75) is 24.8 Å². The minimum Gasteiger partial charge on any atom is -0.329 e. The molecule has 0 spiro atoms. The molecule has 0 fully saturated rings. The Morgan fingerprint density at radius 2 is 2.12 bits per heavy atom. The minimum absolute atomic E-state index is 0.0479. The van der Waals surface area contributed by atoms with Crippen LogP contribution in [0.1, 0.15) is 12.5 Å². The van der Waals surface area contributed by atoms with E-state index in [0.29, 0.717) is 5.56 Å². The molecule has 0 aliphatic carbocycles. The van der Waals surface area contributed by atoms with Gasteiger partial charge in [0.2, 0.25) is 10.0 Å². The van der Waals surface area contributed by atoms with Crippen LogP contribution in [0.5, 0.6) is 0 Å². The number of benzene rings is 1. The molecule has 0 aliphatic rings. The van der Waals surface area contributed by atoms with Crippen molar-refractivity contribution in [3.8, 4) is 0 Å². The molecule has 1 atom stereocenters. The maximum atomic E-state index is 13.0. The SMILES string of the molecule is Cc1cc(S(=O)(=O)N[C@@H](C)CN)ccc1F. The van der Waals surface area contributed by atoms with E-state index in [2.05, 4.69) is 4.72 Å². The second kappa shape index (κ2) is 4.90. The first-order chi connectivity index (χ1) is 7.36. The van der Waals surface area contributed by atoms with Gasteiger partial charge in [0.05, 0.1) is 4.90 Å². The second-order valence-corrected chi connectivity index (χ2v) is 5.38. The van der Waals surface area contributed by atoms with Gasteiger partial charge in [0.25, 0.3) is 0 Å². The summed E-state index contributed by atoms with van der Waals surface area (Å²) in [5.74, 6) is -0.425. The van der Waals surface area contributed by atoms with Gasteiger partial charge in [-0.2, -0.15) is 0 Å². The van der Waals surface area contributed by atoms with E-state index in [0.717, 1.165) is 6.07 Å². The van der Waals surface area contributed by atoms with Crippen LogP contribution in [0.4, 0.5) is 4.39 Å². The molecule has 0 saturated carbocycles. The van der Waals surface area contributed by atoms with Gasteiger partial charge in [-0.3, -0.25) is 0 Å². The molecule has 0 heterocycles. The highest BCUT2D eigenvalue weighted by Gasteiger charge is 2.17. The van der Waals surface area contributed by atoms with E-state index in [-0.39, 0.29) is 17.5 Å². The van der Waals surface area contributed by atoms with E-state index >= 15 is 0 Å². The number of nitrogens with one attached hydrogen (secondary N) is 1. The van der Waals surface area contributed by atoms with Gasteiger partial charge in [-0.15, -0.1) is 0 Å². The van der Waals surface area contributed by atoms with Crippen molar-refractivity contribution < 1.29 is 12.8 Å². The monoisotopic (exact) mass is 246 g/mol. The Kier molecular flexibility index (Phi) is 4.01. The Hall–Kier alpha value is -0.980. The molecule has 0 aliphatic heterocycles. The van der Waals surface area contributed by atoms with E-state index < -0.39 is 15.8 Å². The molecule has 0 unspecified atom stereocenters. The van der Waals surface area contributed by atoms with Crippen molar-refractivity contribution in [1.29, 1.82) is 0 Å². The number of hydrogen-bond donors (Lipinski definition) is 2. The van der Waals surface area contributed by atoms with Gasteiger partial charge in [-0.05, 0) is 37.6 Å². The van der Waals surface area contributed by atoms with Gasteiger partial charge in [-0.1, -0.05) is 0 Å². The number of rotatable bonds is 4. The lowest BCUT2D eigenvalue weighted by atomic mass is 10.2. The molecule has 0 amide bonds. The fourth-order valence-electron chi connectivity index (χ4n) is 1.17. The van der Waals surface area contributed by atoms with Crippen molar-refractivity contribution in [3.63, 3.8) is 0 Å². The van der Waals surface area contributed by atoms with E-state index in [1.165, 1.54) is 19.1 Å². The average Bonchev–Trinajstić information content (AvgIpc) is 2.21. The van der Waals surface area contributed by atoms with E-state index in [9.17, 15) is 12.8 Å². The standard InChI is InChI=1S/C10H15FN2O2S/c1-7-5-9(3-4-10(7)11)16(14,15)13-8(2)6-12/h3-5,8,13H,6,12H2,1-2H3/t8-/m0/s1. The average molecular weight is 246 g/mol. The maximum absolute atomic E-state index is 13.0. The zero-order valence-electron chi connectivity index (χ0n) is 9.20. The third kappa shape index (κ3) is 3.01. The van der Waals surface area contributed by atoms with Crippen molar-refractivity contribution in [2.75, 3.05) is 6.54 Å². The molecule has 0 saturated heterocycles. The molecule has 1 aromatic carbocycles. The first-order valence-corrected chi connectivity index (χ1v) is 6.33. The summed E-state index contributed by atoms with van der Waals surface area (Å²) >= 11 is 0. The van der Waals surface area contributed by atoms with Crippen LogP contribution in [0.3, 0.4) is 0 Å². The lowest BCUT2D eigenvalue weighted by Gasteiger charge is -2.12. The van der Waals surface area contributed by atoms with Crippen LogP contribution in [-0.4, -0.2) is 21.0 Å². The van der Waals surface area contributed by atoms with Gasteiger partial charge in [0.1, 0.15) is 5.82 Å². The van der Waals surface area contributed by atoms with Gasteiger partial charge < -0.3 is 5.73 Å². The summed E-state index contributed by atoms with van der Waals surface area (Å²) in [6, 6.07) is 3.31. The van der Waals surface area contributed by atoms with Crippen molar-refractivity contribution in [1.82, 2.24) is 4.72 Å². The Bertz CT molecular complexity index is 474. The van der Waals surface area contributed by atoms with Crippen LogP contribution in [0, 0.1) is 12.7 Å². The van der Waals surface area contributed by atoms with Gasteiger partial charge >= 0.3 is 0 Å². The summed E-state index contributed by atoms with van der Waals surface area (Å²) in [5.41, 5.74) is 5.62. The molecule has 6 heteroatoms. The number of aryl methyl sites for hydroxylation is 1. The molecule has 90 valence electrons. The topological polar surface area (TPSA) is 72.2 Å². The fourth-order valence-corrected chi connectivity index (χ4v) is 2.51. The molecular weight excluding hydrogens is 231 g/mol. The van der Waals surface area contributed by atoms with Gasteiger partial charge in [0, 0.05) is 12.6 Å². The Labute approximate surface area is 94.7 Å². The normalized spacial score (nSPS) is 13.8. The van der Waals surface area contributed by atoms with Gasteiger partial charge in [-0.25, -0.2) is 17.5 Å². The second-order valence-electron chi connectivity index (χ2n) is 3.67. The van der Waals surface area contributed by atoms with Crippen molar-refractivity contribution >= 4 is 10.0 Å². The number of nitrogens with two attached hydrogens (primary N) is 1. The van der Waals surface area contributed by atoms with Crippen molar-refractivity contribution in [3.05, 3.63) is 29.6 Å². The molecule has 1 aromatic rings.